The molecule has 0 saturated carbocycles. The van der Waals surface area contributed by atoms with Gasteiger partial charge in [0.05, 0.1) is 12.8 Å². The molecule has 0 aromatic carbocycles. The molecule has 3 heterocycles. The Morgan fingerprint density at radius 3 is 2.85 bits per heavy atom. The van der Waals surface area contributed by atoms with Crippen LogP contribution >= 0.6 is 23.6 Å². The lowest BCUT2D eigenvalue weighted by molar-refractivity contribution is -0.121. The largest absolute Gasteiger partial charge is 0.466 e. The number of piperidine rings is 1. The lowest BCUT2D eigenvalue weighted by Gasteiger charge is -2.30. The third kappa shape index (κ3) is 5.09. The van der Waals surface area contributed by atoms with E-state index in [-0.39, 0.29) is 17.9 Å². The van der Waals surface area contributed by atoms with E-state index >= 15 is 0 Å². The maximum atomic E-state index is 12.4. The number of rotatable bonds is 6. The number of hydrogen-bond acceptors (Lipinski definition) is 7. The summed E-state index contributed by atoms with van der Waals surface area (Å²) in [6, 6.07) is 5.49. The minimum Gasteiger partial charge on any atom is -0.466 e. The minimum absolute atomic E-state index is 0.0106. The predicted octanol–water partition coefficient (Wildman–Crippen LogP) is 3.16. The molecule has 0 atom stereocenters. The van der Waals surface area contributed by atoms with Gasteiger partial charge in [0, 0.05) is 25.2 Å². The molecule has 2 aromatic heterocycles. The number of nitrogens with one attached hydrogen (secondary N) is 1. The molecule has 3 rings (SSSR count). The van der Waals surface area contributed by atoms with Crippen molar-refractivity contribution in [3.8, 4) is 5.19 Å². The number of nitrogens with zero attached hydrogens (tertiary/aromatic N) is 4. The van der Waals surface area contributed by atoms with E-state index < -0.39 is 0 Å². The molecular weight excluding hydrogens is 370 g/mol. The molecule has 1 aliphatic rings. The molecule has 0 spiro atoms. The highest BCUT2D eigenvalue weighted by Gasteiger charge is 2.25. The number of carbonyl (C=O) groups excluding carboxylic acids is 1. The summed E-state index contributed by atoms with van der Waals surface area (Å²) in [4.78, 5) is 18.8. The van der Waals surface area contributed by atoms with Crippen LogP contribution in [0.1, 0.15) is 26.7 Å². The molecule has 2 aromatic rings. The third-order valence-corrected chi connectivity index (χ3v) is 5.33. The number of aromatic nitrogens is 3. The van der Waals surface area contributed by atoms with E-state index in [9.17, 15) is 4.79 Å². The van der Waals surface area contributed by atoms with Crippen LogP contribution in [0.4, 0.5) is 5.82 Å². The van der Waals surface area contributed by atoms with E-state index in [4.69, 9.17) is 17.0 Å². The molecule has 1 amide bonds. The first kappa shape index (κ1) is 18.9. The van der Waals surface area contributed by atoms with E-state index in [1.165, 1.54) is 11.3 Å². The first-order chi connectivity index (χ1) is 12.5. The van der Waals surface area contributed by atoms with Crippen LogP contribution < -0.4 is 10.1 Å². The average molecular weight is 394 g/mol. The molecule has 1 saturated heterocycles. The quantitative estimate of drug-likeness (QED) is 0.760. The molecule has 0 radical (unpaired) electrons. The number of anilines is 1. The van der Waals surface area contributed by atoms with Crippen molar-refractivity contribution in [1.82, 2.24) is 19.7 Å². The molecule has 1 fully saturated rings. The second-order valence-electron chi connectivity index (χ2n) is 6.54. The van der Waals surface area contributed by atoms with Gasteiger partial charge in [-0.05, 0) is 62.4 Å². The van der Waals surface area contributed by atoms with E-state index in [1.54, 1.807) is 16.9 Å². The van der Waals surface area contributed by atoms with Gasteiger partial charge >= 0.3 is 0 Å². The first-order valence-corrected chi connectivity index (χ1v) is 9.92. The molecule has 0 bridgehead atoms. The highest BCUT2D eigenvalue weighted by molar-refractivity contribution is 7.73. The fourth-order valence-corrected chi connectivity index (χ4v) is 3.86. The van der Waals surface area contributed by atoms with Gasteiger partial charge in [0.25, 0.3) is 5.19 Å². The van der Waals surface area contributed by atoms with Gasteiger partial charge in [-0.3, -0.25) is 9.69 Å². The van der Waals surface area contributed by atoms with Crippen molar-refractivity contribution in [1.29, 1.82) is 0 Å². The number of pyridine rings is 1. The summed E-state index contributed by atoms with van der Waals surface area (Å²) >= 11 is 6.76. The van der Waals surface area contributed by atoms with E-state index in [0.29, 0.717) is 21.6 Å². The smallest absolute Gasteiger partial charge is 0.293 e. The molecule has 1 aliphatic heterocycles. The lowest BCUT2D eigenvalue weighted by atomic mass is 9.96. The van der Waals surface area contributed by atoms with Gasteiger partial charge in [-0.15, -0.1) is 5.10 Å². The van der Waals surface area contributed by atoms with Crippen molar-refractivity contribution in [2.24, 2.45) is 5.92 Å². The topological polar surface area (TPSA) is 72.3 Å². The number of amides is 1. The molecule has 0 unspecified atom stereocenters. The SMILES string of the molecule is CC(C)Oc1nn(CN2CCC(C(=O)Nc3ccccn3)CC2)c(=S)s1. The molecule has 140 valence electrons. The highest BCUT2D eigenvalue weighted by Crippen LogP contribution is 2.22. The Bertz CT molecular complexity index is 782. The zero-order chi connectivity index (χ0) is 18.5. The summed E-state index contributed by atoms with van der Waals surface area (Å²) in [5.41, 5.74) is 0. The Morgan fingerprint density at radius 1 is 1.42 bits per heavy atom. The first-order valence-electron chi connectivity index (χ1n) is 8.70. The van der Waals surface area contributed by atoms with Gasteiger partial charge in [-0.1, -0.05) is 6.07 Å². The fourth-order valence-electron chi connectivity index (χ4n) is 2.82. The molecular formula is C17H23N5O2S2. The Balaban J connectivity index is 1.50. The predicted molar refractivity (Wildman–Crippen MR) is 104 cm³/mol. The summed E-state index contributed by atoms with van der Waals surface area (Å²) in [6.45, 7) is 6.23. The van der Waals surface area contributed by atoms with Gasteiger partial charge in [0.1, 0.15) is 5.82 Å². The second-order valence-corrected chi connectivity index (χ2v) is 8.12. The van der Waals surface area contributed by atoms with Crippen LogP contribution in [0.15, 0.2) is 24.4 Å². The Hall–Kier alpha value is -1.84. The molecule has 9 heteroatoms. The van der Waals surface area contributed by atoms with Crippen molar-refractivity contribution in [3.05, 3.63) is 28.4 Å². The Labute approximate surface area is 162 Å². The molecule has 7 nitrogen and oxygen atoms in total. The van der Waals surface area contributed by atoms with Crippen molar-refractivity contribution < 1.29 is 9.53 Å². The van der Waals surface area contributed by atoms with Crippen molar-refractivity contribution >= 4 is 35.3 Å². The van der Waals surface area contributed by atoms with Crippen molar-refractivity contribution in [2.45, 2.75) is 39.5 Å². The van der Waals surface area contributed by atoms with Crippen molar-refractivity contribution in [3.63, 3.8) is 0 Å². The van der Waals surface area contributed by atoms with Crippen LogP contribution in [0.25, 0.3) is 0 Å². The van der Waals surface area contributed by atoms with Gasteiger partial charge in [-0.2, -0.15) is 0 Å². The number of likely N-dealkylation sites (tertiary alicyclic amines) is 1. The highest BCUT2D eigenvalue weighted by atomic mass is 32.1. The fraction of sp³-hybridized carbons (Fsp3) is 0.529. The summed E-state index contributed by atoms with van der Waals surface area (Å²) in [5.74, 6) is 0.657. The summed E-state index contributed by atoms with van der Waals surface area (Å²) in [7, 11) is 0. The van der Waals surface area contributed by atoms with E-state index in [0.717, 1.165) is 25.9 Å². The van der Waals surface area contributed by atoms with Crippen LogP contribution in [0.2, 0.25) is 0 Å². The zero-order valence-electron chi connectivity index (χ0n) is 14.9. The third-order valence-electron chi connectivity index (χ3n) is 4.13. The summed E-state index contributed by atoms with van der Waals surface area (Å²) < 4.78 is 8.11. The van der Waals surface area contributed by atoms with E-state index in [2.05, 4.69) is 20.3 Å². The lowest BCUT2D eigenvalue weighted by Crippen LogP contribution is -2.39. The summed E-state index contributed by atoms with van der Waals surface area (Å²) in [6.07, 6.45) is 3.38. The molecule has 1 N–H and O–H groups in total. The van der Waals surface area contributed by atoms with Crippen LogP contribution in [-0.4, -0.2) is 44.8 Å². The van der Waals surface area contributed by atoms with Crippen LogP contribution in [-0.2, 0) is 11.5 Å². The Morgan fingerprint density at radius 2 is 2.19 bits per heavy atom. The van der Waals surface area contributed by atoms with Crippen molar-refractivity contribution in [2.75, 3.05) is 18.4 Å². The zero-order valence-corrected chi connectivity index (χ0v) is 16.6. The van der Waals surface area contributed by atoms with E-state index in [1.807, 2.05) is 26.0 Å². The normalized spacial score (nSPS) is 16.0. The minimum atomic E-state index is 0.0106. The maximum Gasteiger partial charge on any atom is 0.293 e. The monoisotopic (exact) mass is 393 g/mol. The number of ether oxygens (including phenoxy) is 1. The van der Waals surface area contributed by atoms with Gasteiger partial charge in [-0.25, -0.2) is 9.67 Å². The van der Waals surface area contributed by atoms with Gasteiger partial charge in [0.15, 0.2) is 3.95 Å². The number of hydrogen-bond donors (Lipinski definition) is 1. The standard InChI is InChI=1S/C17H23N5O2S2/c1-12(2)24-16-20-22(17(25)26-16)11-21-9-6-13(7-10-21)15(23)19-14-5-3-4-8-18-14/h3-5,8,12-13H,6-7,9-11H2,1-2H3,(H,18,19,23). The van der Waals surface area contributed by atoms with Crippen LogP contribution in [0.3, 0.4) is 0 Å². The average Bonchev–Trinajstić information content (AvgIpc) is 2.94. The van der Waals surface area contributed by atoms with Gasteiger partial charge < -0.3 is 10.1 Å². The van der Waals surface area contributed by atoms with Crippen LogP contribution in [0, 0.1) is 9.87 Å². The maximum absolute atomic E-state index is 12.4. The Kier molecular flexibility index (Phi) is 6.33. The number of carbonyl (C=O) groups is 1. The second kappa shape index (κ2) is 8.70. The molecule has 26 heavy (non-hydrogen) atoms. The molecule has 0 aliphatic carbocycles. The van der Waals surface area contributed by atoms with Gasteiger partial charge in [0.2, 0.25) is 5.91 Å². The van der Waals surface area contributed by atoms with Crippen LogP contribution in [0.5, 0.6) is 5.19 Å². The summed E-state index contributed by atoms with van der Waals surface area (Å²) in [5, 5.41) is 7.93.